The molecule has 0 heterocycles. The Balaban J connectivity index is 1.80. The summed E-state index contributed by atoms with van der Waals surface area (Å²) in [7, 11) is 0. The summed E-state index contributed by atoms with van der Waals surface area (Å²) in [6.07, 6.45) is -0.647. The first-order chi connectivity index (χ1) is 11.5. The zero-order valence-electron chi connectivity index (χ0n) is 14.1. The van der Waals surface area contributed by atoms with Gasteiger partial charge in [0, 0.05) is 0 Å². The number of hydrogen-bond donors (Lipinski definition) is 1. The first kappa shape index (κ1) is 18.1. The van der Waals surface area contributed by atoms with E-state index in [2.05, 4.69) is 5.32 Å². The quantitative estimate of drug-likeness (QED) is 0.823. The van der Waals surface area contributed by atoms with E-state index in [1.807, 2.05) is 50.2 Å². The monoisotopic (exact) mass is 347 g/mol. The molecule has 0 bridgehead atoms. The van der Waals surface area contributed by atoms with Gasteiger partial charge in [0.05, 0.1) is 11.1 Å². The summed E-state index contributed by atoms with van der Waals surface area (Å²) in [5.74, 6) is 1.06. The van der Waals surface area contributed by atoms with Gasteiger partial charge in [0.15, 0.2) is 6.10 Å². The van der Waals surface area contributed by atoms with Crippen LogP contribution in [0.3, 0.4) is 0 Å². The molecule has 0 spiro atoms. The maximum atomic E-state index is 12.2. The van der Waals surface area contributed by atoms with Gasteiger partial charge in [0.1, 0.15) is 18.1 Å². The van der Waals surface area contributed by atoms with E-state index in [9.17, 15) is 4.79 Å². The summed E-state index contributed by atoms with van der Waals surface area (Å²) in [5.41, 5.74) is 1.18. The minimum Gasteiger partial charge on any atom is -0.491 e. The zero-order valence-corrected chi connectivity index (χ0v) is 14.8. The molecular formula is C19H22ClNO3. The van der Waals surface area contributed by atoms with E-state index in [-0.39, 0.29) is 11.9 Å². The van der Waals surface area contributed by atoms with Crippen LogP contribution in [0.2, 0.25) is 5.02 Å². The number of amides is 1. The lowest BCUT2D eigenvalue weighted by Crippen LogP contribution is -2.43. The Morgan fingerprint density at radius 3 is 2.46 bits per heavy atom. The number of ether oxygens (including phenoxy) is 2. The van der Waals surface area contributed by atoms with Gasteiger partial charge in [-0.1, -0.05) is 41.4 Å². The van der Waals surface area contributed by atoms with Gasteiger partial charge < -0.3 is 14.8 Å². The van der Waals surface area contributed by atoms with Crippen LogP contribution in [0.15, 0.2) is 48.5 Å². The molecular weight excluding hydrogens is 326 g/mol. The van der Waals surface area contributed by atoms with E-state index in [1.165, 1.54) is 5.56 Å². The Labute approximate surface area is 147 Å². The molecule has 24 heavy (non-hydrogen) atoms. The molecule has 0 saturated carbocycles. The molecule has 2 atom stereocenters. The van der Waals surface area contributed by atoms with Crippen molar-refractivity contribution in [2.24, 2.45) is 0 Å². The van der Waals surface area contributed by atoms with Crippen LogP contribution in [-0.2, 0) is 4.79 Å². The highest BCUT2D eigenvalue weighted by molar-refractivity contribution is 6.32. The Morgan fingerprint density at radius 1 is 1.12 bits per heavy atom. The van der Waals surface area contributed by atoms with Gasteiger partial charge in [0.25, 0.3) is 5.91 Å². The van der Waals surface area contributed by atoms with Gasteiger partial charge in [-0.25, -0.2) is 0 Å². The number of nitrogens with one attached hydrogen (secondary N) is 1. The first-order valence-corrected chi connectivity index (χ1v) is 8.24. The fraction of sp³-hybridized carbons (Fsp3) is 0.316. The highest BCUT2D eigenvalue weighted by atomic mass is 35.5. The van der Waals surface area contributed by atoms with Crippen molar-refractivity contribution < 1.29 is 14.3 Å². The van der Waals surface area contributed by atoms with Crippen LogP contribution in [0.4, 0.5) is 0 Å². The van der Waals surface area contributed by atoms with Gasteiger partial charge in [0.2, 0.25) is 0 Å². The van der Waals surface area contributed by atoms with Crippen LogP contribution in [-0.4, -0.2) is 24.7 Å². The maximum absolute atomic E-state index is 12.2. The minimum atomic E-state index is -0.647. The smallest absolute Gasteiger partial charge is 0.261 e. The van der Waals surface area contributed by atoms with Crippen LogP contribution >= 0.6 is 11.6 Å². The summed E-state index contributed by atoms with van der Waals surface area (Å²) in [6, 6.07) is 14.7. The lowest BCUT2D eigenvalue weighted by Gasteiger charge is -2.19. The number of halogens is 1. The molecule has 2 aromatic carbocycles. The minimum absolute atomic E-state index is 0.143. The maximum Gasteiger partial charge on any atom is 0.261 e. The lowest BCUT2D eigenvalue weighted by atomic mass is 10.2. The second-order valence-corrected chi connectivity index (χ2v) is 6.13. The van der Waals surface area contributed by atoms with Crippen molar-refractivity contribution in [1.82, 2.24) is 5.32 Å². The standard InChI is InChI=1S/C19H22ClNO3/c1-13-8-10-16(11-9-13)23-12-14(2)21-19(22)15(3)24-18-7-5-4-6-17(18)20/h4-11,14-15H,12H2,1-3H3,(H,21,22)/t14-,15-/m1/s1. The molecule has 0 saturated heterocycles. The fourth-order valence-electron chi connectivity index (χ4n) is 2.04. The molecule has 1 amide bonds. The van der Waals surface area contributed by atoms with Crippen molar-refractivity contribution >= 4 is 17.5 Å². The topological polar surface area (TPSA) is 47.6 Å². The number of carbonyl (C=O) groups is 1. The molecule has 1 N–H and O–H groups in total. The first-order valence-electron chi connectivity index (χ1n) is 7.86. The Bertz CT molecular complexity index is 673. The lowest BCUT2D eigenvalue weighted by molar-refractivity contribution is -0.128. The van der Waals surface area contributed by atoms with Crippen LogP contribution < -0.4 is 14.8 Å². The van der Waals surface area contributed by atoms with Crippen LogP contribution in [0.1, 0.15) is 19.4 Å². The molecule has 2 aromatic rings. The second-order valence-electron chi connectivity index (χ2n) is 5.72. The van der Waals surface area contributed by atoms with Crippen molar-refractivity contribution in [1.29, 1.82) is 0 Å². The predicted octanol–water partition coefficient (Wildman–Crippen LogP) is 4.00. The number of benzene rings is 2. The van der Waals surface area contributed by atoms with Crippen molar-refractivity contribution in [2.45, 2.75) is 32.9 Å². The molecule has 128 valence electrons. The van der Waals surface area contributed by atoms with E-state index in [0.717, 1.165) is 5.75 Å². The average molecular weight is 348 g/mol. The normalized spacial score (nSPS) is 13.0. The third-order valence-electron chi connectivity index (χ3n) is 3.42. The summed E-state index contributed by atoms with van der Waals surface area (Å²) in [4.78, 5) is 12.2. The molecule has 2 rings (SSSR count). The molecule has 0 fully saturated rings. The number of para-hydroxylation sites is 1. The summed E-state index contributed by atoms with van der Waals surface area (Å²) in [6.45, 7) is 5.97. The number of carbonyl (C=O) groups excluding carboxylic acids is 1. The summed E-state index contributed by atoms with van der Waals surface area (Å²) < 4.78 is 11.3. The zero-order chi connectivity index (χ0) is 17.5. The molecule has 5 heteroatoms. The van der Waals surface area contributed by atoms with Gasteiger partial charge in [-0.15, -0.1) is 0 Å². The van der Waals surface area contributed by atoms with E-state index < -0.39 is 6.10 Å². The Morgan fingerprint density at radius 2 is 1.79 bits per heavy atom. The highest BCUT2D eigenvalue weighted by Gasteiger charge is 2.18. The van der Waals surface area contributed by atoms with Crippen LogP contribution in [0.25, 0.3) is 0 Å². The van der Waals surface area contributed by atoms with Gasteiger partial charge in [-0.2, -0.15) is 0 Å². The SMILES string of the molecule is Cc1ccc(OC[C@@H](C)NC(=O)[C@@H](C)Oc2ccccc2Cl)cc1. The third kappa shape index (κ3) is 5.46. The Kier molecular flexibility index (Phi) is 6.50. The molecule has 0 aromatic heterocycles. The van der Waals surface area contributed by atoms with Gasteiger partial charge >= 0.3 is 0 Å². The molecule has 0 unspecified atom stereocenters. The van der Waals surface area contributed by atoms with E-state index >= 15 is 0 Å². The van der Waals surface area contributed by atoms with E-state index in [0.29, 0.717) is 17.4 Å². The number of rotatable bonds is 7. The molecule has 0 radical (unpaired) electrons. The molecule has 4 nitrogen and oxygen atoms in total. The molecule has 0 aliphatic carbocycles. The largest absolute Gasteiger partial charge is 0.491 e. The van der Waals surface area contributed by atoms with Gasteiger partial charge in [-0.3, -0.25) is 4.79 Å². The van der Waals surface area contributed by atoms with Gasteiger partial charge in [-0.05, 0) is 45.0 Å². The van der Waals surface area contributed by atoms with Crippen LogP contribution in [0, 0.1) is 6.92 Å². The predicted molar refractivity (Wildman–Crippen MR) is 95.8 cm³/mol. The third-order valence-corrected chi connectivity index (χ3v) is 3.73. The Hall–Kier alpha value is -2.20. The number of hydrogen-bond acceptors (Lipinski definition) is 3. The van der Waals surface area contributed by atoms with E-state index in [1.54, 1.807) is 19.1 Å². The highest BCUT2D eigenvalue weighted by Crippen LogP contribution is 2.24. The molecule has 0 aliphatic heterocycles. The molecule has 0 aliphatic rings. The summed E-state index contributed by atoms with van der Waals surface area (Å²) >= 11 is 6.03. The van der Waals surface area contributed by atoms with E-state index in [4.69, 9.17) is 21.1 Å². The second kappa shape index (κ2) is 8.60. The van der Waals surface area contributed by atoms with Crippen molar-refractivity contribution in [3.05, 3.63) is 59.1 Å². The van der Waals surface area contributed by atoms with Crippen LogP contribution in [0.5, 0.6) is 11.5 Å². The average Bonchev–Trinajstić information content (AvgIpc) is 2.56. The summed E-state index contributed by atoms with van der Waals surface area (Å²) in [5, 5.41) is 3.35. The van der Waals surface area contributed by atoms with Crippen molar-refractivity contribution in [3.8, 4) is 11.5 Å². The van der Waals surface area contributed by atoms with Crippen molar-refractivity contribution in [3.63, 3.8) is 0 Å². The van der Waals surface area contributed by atoms with Crippen molar-refractivity contribution in [2.75, 3.05) is 6.61 Å². The number of aryl methyl sites for hydroxylation is 1. The fourth-order valence-corrected chi connectivity index (χ4v) is 2.22.